The van der Waals surface area contributed by atoms with Crippen molar-refractivity contribution in [3.8, 4) is 0 Å². The minimum absolute atomic E-state index is 0.0269. The van der Waals surface area contributed by atoms with Crippen LogP contribution in [0.2, 0.25) is 0 Å². The number of nitrogens with zero attached hydrogens (tertiary/aromatic N) is 5. The fraction of sp³-hybridized carbons (Fsp3) is 0.259. The maximum Gasteiger partial charge on any atom is 0.277 e. The highest BCUT2D eigenvalue weighted by Gasteiger charge is 2.42. The number of aliphatic hydroxyl groups excluding tert-OH is 1. The Bertz CT molecular complexity index is 1330. The first kappa shape index (κ1) is 23.5. The molecule has 0 radical (unpaired) electrons. The molecule has 0 spiro atoms. The zero-order valence-corrected chi connectivity index (χ0v) is 20.2. The molecule has 9 nitrogen and oxygen atoms in total. The van der Waals surface area contributed by atoms with E-state index >= 15 is 0 Å². The monoisotopic (exact) mass is 485 g/mol. The number of fused-ring (bicyclic) bond motifs is 2. The number of amides is 1. The zero-order valence-electron chi connectivity index (χ0n) is 20.2. The smallest absolute Gasteiger partial charge is 0.277 e. The molecule has 1 N–H and O–H groups in total. The van der Waals surface area contributed by atoms with Gasteiger partial charge in [0.2, 0.25) is 11.7 Å². The van der Waals surface area contributed by atoms with E-state index in [9.17, 15) is 14.7 Å². The van der Waals surface area contributed by atoms with Gasteiger partial charge >= 0.3 is 0 Å². The van der Waals surface area contributed by atoms with E-state index < -0.39 is 17.4 Å². The fourth-order valence-electron chi connectivity index (χ4n) is 4.98. The van der Waals surface area contributed by atoms with Gasteiger partial charge in [-0.2, -0.15) is 9.99 Å². The Labute approximate surface area is 208 Å². The molecule has 0 bridgehead atoms. The number of allylic oxidation sites excluding steroid dienone is 1. The lowest BCUT2D eigenvalue weighted by Gasteiger charge is -2.47. The second-order valence-electron chi connectivity index (χ2n) is 8.91. The van der Waals surface area contributed by atoms with Gasteiger partial charge in [0.1, 0.15) is 6.54 Å². The topological polar surface area (TPSA) is 103 Å². The number of carbonyl (C=O) groups excluding carboxylic acids is 2. The van der Waals surface area contributed by atoms with Crippen molar-refractivity contribution in [2.24, 2.45) is 0 Å². The van der Waals surface area contributed by atoms with Gasteiger partial charge < -0.3 is 14.5 Å². The highest BCUT2D eigenvalue weighted by molar-refractivity contribution is 6.08. The predicted molar refractivity (Wildman–Crippen MR) is 131 cm³/mol. The quantitative estimate of drug-likeness (QED) is 0.434. The Morgan fingerprint density at radius 1 is 1.14 bits per heavy atom. The van der Waals surface area contributed by atoms with Crippen LogP contribution in [0.25, 0.3) is 0 Å². The summed E-state index contributed by atoms with van der Waals surface area (Å²) in [6.45, 7) is 5.36. The minimum atomic E-state index is -0.734. The maximum absolute atomic E-state index is 13.6. The predicted octanol–water partition coefficient (Wildman–Crippen LogP) is 3.24. The van der Waals surface area contributed by atoms with Gasteiger partial charge in [0, 0.05) is 7.05 Å². The van der Waals surface area contributed by atoms with Gasteiger partial charge in [0.05, 0.1) is 12.7 Å². The van der Waals surface area contributed by atoms with Crippen LogP contribution in [0.4, 0.5) is 0 Å². The molecule has 2 heterocycles. The van der Waals surface area contributed by atoms with E-state index in [2.05, 4.69) is 41.0 Å². The molecule has 0 saturated carbocycles. The highest BCUT2D eigenvalue weighted by Crippen LogP contribution is 2.40. The third-order valence-electron chi connectivity index (χ3n) is 6.71. The normalized spacial score (nSPS) is 17.9. The first-order chi connectivity index (χ1) is 17.4. The summed E-state index contributed by atoms with van der Waals surface area (Å²) >= 11 is 0. The van der Waals surface area contributed by atoms with Crippen LogP contribution in [0, 0.1) is 6.92 Å². The molecule has 1 aliphatic carbocycles. The molecule has 0 atom stereocenters. The number of aryl methyl sites for hydroxylation is 3. The Morgan fingerprint density at radius 2 is 1.75 bits per heavy atom. The first-order valence-corrected chi connectivity index (χ1v) is 11.7. The molecule has 0 unspecified atom stereocenters. The van der Waals surface area contributed by atoms with Crippen LogP contribution >= 0.6 is 0 Å². The number of hydrogen-bond acceptors (Lipinski definition) is 8. The van der Waals surface area contributed by atoms with Crippen LogP contribution in [-0.4, -0.2) is 55.6 Å². The highest BCUT2D eigenvalue weighted by atomic mass is 16.5. The SMILES string of the molecule is C=CC(=O)/C(O)=C1/C(=O)N(Cc2nc(C)no2)CN(C2c3ccccc3CCc3ccccc32)N1C. The first-order valence-electron chi connectivity index (χ1n) is 11.7. The van der Waals surface area contributed by atoms with Crippen molar-refractivity contribution in [2.75, 3.05) is 13.7 Å². The number of benzene rings is 2. The van der Waals surface area contributed by atoms with Gasteiger partial charge in [0.25, 0.3) is 5.91 Å². The Balaban J connectivity index is 1.67. The second kappa shape index (κ2) is 9.43. The fourth-order valence-corrected chi connectivity index (χ4v) is 4.98. The summed E-state index contributed by atoms with van der Waals surface area (Å²) in [5, 5.41) is 18.2. The minimum Gasteiger partial charge on any atom is -0.503 e. The lowest BCUT2D eigenvalue weighted by molar-refractivity contribution is -0.154. The molecule has 36 heavy (non-hydrogen) atoms. The number of hydrazine groups is 1. The molecule has 1 saturated heterocycles. The van der Waals surface area contributed by atoms with Crippen molar-refractivity contribution in [2.45, 2.75) is 32.4 Å². The lowest BCUT2D eigenvalue weighted by atomic mass is 9.94. The number of likely N-dealkylation sites (N-methyl/N-ethyl adjacent to an activating group) is 1. The molecule has 1 aromatic heterocycles. The molecular weight excluding hydrogens is 458 g/mol. The van der Waals surface area contributed by atoms with Crippen LogP contribution in [0.1, 0.15) is 40.0 Å². The summed E-state index contributed by atoms with van der Waals surface area (Å²) in [6, 6.07) is 16.2. The zero-order chi connectivity index (χ0) is 25.4. The van der Waals surface area contributed by atoms with Gasteiger partial charge in [-0.05, 0) is 48.1 Å². The van der Waals surface area contributed by atoms with E-state index in [-0.39, 0.29) is 30.8 Å². The molecule has 1 amide bonds. The van der Waals surface area contributed by atoms with Crippen LogP contribution in [0.5, 0.6) is 0 Å². The van der Waals surface area contributed by atoms with E-state index in [0.29, 0.717) is 5.82 Å². The number of hydrogen-bond donors (Lipinski definition) is 1. The molecule has 9 heteroatoms. The van der Waals surface area contributed by atoms with Crippen LogP contribution in [0.15, 0.2) is 77.2 Å². The summed E-state index contributed by atoms with van der Waals surface area (Å²) in [6.07, 6.45) is 2.76. The summed E-state index contributed by atoms with van der Waals surface area (Å²) in [5.41, 5.74) is 4.49. The Kier molecular flexibility index (Phi) is 6.15. The van der Waals surface area contributed by atoms with Crippen molar-refractivity contribution in [3.05, 3.63) is 107 Å². The number of aromatic nitrogens is 2. The third-order valence-corrected chi connectivity index (χ3v) is 6.71. The molecule has 2 aliphatic rings. The van der Waals surface area contributed by atoms with Crippen molar-refractivity contribution in [1.82, 2.24) is 25.1 Å². The van der Waals surface area contributed by atoms with Gasteiger partial charge in [-0.25, -0.2) is 0 Å². The van der Waals surface area contributed by atoms with Crippen molar-refractivity contribution >= 4 is 11.7 Å². The molecule has 1 fully saturated rings. The molecule has 1 aliphatic heterocycles. The van der Waals surface area contributed by atoms with Crippen LogP contribution in [-0.2, 0) is 29.0 Å². The van der Waals surface area contributed by atoms with Crippen molar-refractivity contribution < 1.29 is 19.2 Å². The molecule has 2 aromatic carbocycles. The molecule has 3 aromatic rings. The average molecular weight is 486 g/mol. The van der Waals surface area contributed by atoms with Crippen molar-refractivity contribution in [1.29, 1.82) is 0 Å². The summed E-state index contributed by atoms with van der Waals surface area (Å²) in [5.74, 6) is -1.20. The summed E-state index contributed by atoms with van der Waals surface area (Å²) in [4.78, 5) is 31.7. The van der Waals surface area contributed by atoms with Gasteiger partial charge in [-0.3, -0.25) is 14.6 Å². The average Bonchev–Trinajstić information content (AvgIpc) is 3.22. The standard InChI is InChI=1S/C27H27N5O4/c1-4-22(33)26(34)25-27(35)31(15-23-28-17(2)29-36-23)16-32(30(25)3)24-20-11-7-5-9-18(20)13-14-19-10-6-8-12-21(19)24/h4-12,24,34H,1,13-16H2,2-3H3/b26-25+. The van der Waals surface area contributed by atoms with Crippen LogP contribution < -0.4 is 0 Å². The molecular formula is C27H27N5O4. The van der Waals surface area contributed by atoms with E-state index in [1.165, 1.54) is 16.0 Å². The second-order valence-corrected chi connectivity index (χ2v) is 8.91. The number of ketones is 1. The lowest BCUT2D eigenvalue weighted by Crippen LogP contribution is -2.58. The number of carbonyl (C=O) groups is 2. The van der Waals surface area contributed by atoms with E-state index in [0.717, 1.165) is 30.0 Å². The largest absolute Gasteiger partial charge is 0.503 e. The number of aliphatic hydroxyl groups is 1. The van der Waals surface area contributed by atoms with Crippen molar-refractivity contribution in [3.63, 3.8) is 0 Å². The van der Waals surface area contributed by atoms with Gasteiger partial charge in [-0.15, -0.1) is 0 Å². The number of rotatable bonds is 5. The third kappa shape index (κ3) is 4.07. The van der Waals surface area contributed by atoms with Crippen LogP contribution in [0.3, 0.4) is 0 Å². The Hall–Kier alpha value is -4.24. The van der Waals surface area contributed by atoms with Gasteiger partial charge in [0.15, 0.2) is 17.3 Å². The summed E-state index contributed by atoms with van der Waals surface area (Å²) < 4.78 is 5.27. The molecule has 184 valence electrons. The van der Waals surface area contributed by atoms with E-state index in [1.807, 2.05) is 29.3 Å². The van der Waals surface area contributed by atoms with Gasteiger partial charge in [-0.1, -0.05) is 60.3 Å². The Morgan fingerprint density at radius 3 is 2.31 bits per heavy atom. The summed E-state index contributed by atoms with van der Waals surface area (Å²) in [7, 11) is 1.68. The van der Waals surface area contributed by atoms with E-state index in [4.69, 9.17) is 4.52 Å². The molecule has 5 rings (SSSR count). The maximum atomic E-state index is 13.6. The van der Waals surface area contributed by atoms with E-state index in [1.54, 1.807) is 19.0 Å².